The average Bonchev–Trinajstić information content (AvgIpc) is 2.26. The fraction of sp³-hybridized carbons (Fsp3) is 0.444. The lowest BCUT2D eigenvalue weighted by molar-refractivity contribution is -0.146. The smallest absolute Gasteiger partial charge is 0.332 e. The molecule has 2 N–H and O–H groups in total. The molecule has 1 aromatic heterocycles. The van der Waals surface area contributed by atoms with Gasteiger partial charge in [0.15, 0.2) is 15.9 Å². The fourth-order valence-electron chi connectivity index (χ4n) is 1.09. The number of aliphatic carboxylic acids is 1. The molecule has 1 aromatic rings. The molecule has 8 heteroatoms. The molecule has 0 aromatic carbocycles. The normalized spacial score (nSPS) is 13.2. The van der Waals surface area contributed by atoms with Gasteiger partial charge in [0.1, 0.15) is 11.6 Å². The SMILES string of the molecule is O=C(O)C(O)CCS(=O)(=O)Cc1ncccn1. The van der Waals surface area contributed by atoms with Gasteiger partial charge in [-0.05, 0) is 12.5 Å². The number of aromatic nitrogens is 2. The highest BCUT2D eigenvalue weighted by Crippen LogP contribution is 2.04. The summed E-state index contributed by atoms with van der Waals surface area (Å²) in [5, 5.41) is 17.4. The number of hydrogen-bond acceptors (Lipinski definition) is 6. The molecule has 0 bridgehead atoms. The van der Waals surface area contributed by atoms with Crippen LogP contribution in [-0.2, 0) is 20.4 Å². The van der Waals surface area contributed by atoms with Crippen molar-refractivity contribution in [1.82, 2.24) is 9.97 Å². The molecule has 0 spiro atoms. The second kappa shape index (κ2) is 5.69. The lowest BCUT2D eigenvalue weighted by Gasteiger charge is -2.05. The van der Waals surface area contributed by atoms with Gasteiger partial charge >= 0.3 is 5.97 Å². The topological polar surface area (TPSA) is 117 Å². The Kier molecular flexibility index (Phi) is 4.53. The summed E-state index contributed by atoms with van der Waals surface area (Å²) in [6.45, 7) is 0. The van der Waals surface area contributed by atoms with Crippen molar-refractivity contribution >= 4 is 15.8 Å². The predicted molar refractivity (Wildman–Crippen MR) is 57.8 cm³/mol. The zero-order chi connectivity index (χ0) is 12.9. The van der Waals surface area contributed by atoms with Crippen molar-refractivity contribution < 1.29 is 23.4 Å². The van der Waals surface area contributed by atoms with Crippen LogP contribution in [0.4, 0.5) is 0 Å². The van der Waals surface area contributed by atoms with Crippen LogP contribution in [0, 0.1) is 0 Å². The summed E-state index contributed by atoms with van der Waals surface area (Å²) in [7, 11) is -3.51. The number of nitrogens with zero attached hydrogens (tertiary/aromatic N) is 2. The van der Waals surface area contributed by atoms with Gasteiger partial charge in [-0.25, -0.2) is 23.2 Å². The number of carboxylic acid groups (broad SMARTS) is 1. The summed E-state index contributed by atoms with van der Waals surface area (Å²) in [6.07, 6.45) is 0.833. The molecule has 7 nitrogen and oxygen atoms in total. The Bertz CT molecular complexity index is 473. The quantitative estimate of drug-likeness (QED) is 0.689. The van der Waals surface area contributed by atoms with Crippen LogP contribution in [0.5, 0.6) is 0 Å². The van der Waals surface area contributed by atoms with E-state index in [9.17, 15) is 13.2 Å². The number of rotatable bonds is 6. The van der Waals surface area contributed by atoms with Gasteiger partial charge < -0.3 is 10.2 Å². The highest BCUT2D eigenvalue weighted by molar-refractivity contribution is 7.90. The number of carbonyl (C=O) groups is 1. The molecule has 0 saturated heterocycles. The maximum absolute atomic E-state index is 11.5. The lowest BCUT2D eigenvalue weighted by Crippen LogP contribution is -2.23. The van der Waals surface area contributed by atoms with E-state index in [1.54, 1.807) is 6.07 Å². The lowest BCUT2D eigenvalue weighted by atomic mass is 10.3. The molecule has 0 fully saturated rings. The van der Waals surface area contributed by atoms with Crippen LogP contribution in [0.3, 0.4) is 0 Å². The highest BCUT2D eigenvalue weighted by atomic mass is 32.2. The van der Waals surface area contributed by atoms with Crippen LogP contribution in [0.2, 0.25) is 0 Å². The molecule has 1 atom stereocenters. The largest absolute Gasteiger partial charge is 0.479 e. The molecule has 94 valence electrons. The van der Waals surface area contributed by atoms with Gasteiger partial charge in [0.25, 0.3) is 0 Å². The van der Waals surface area contributed by atoms with Crippen LogP contribution in [0.15, 0.2) is 18.5 Å². The van der Waals surface area contributed by atoms with Gasteiger partial charge in [0, 0.05) is 12.4 Å². The highest BCUT2D eigenvalue weighted by Gasteiger charge is 2.19. The van der Waals surface area contributed by atoms with Gasteiger partial charge in [-0.1, -0.05) is 0 Å². The van der Waals surface area contributed by atoms with E-state index in [4.69, 9.17) is 10.2 Å². The minimum Gasteiger partial charge on any atom is -0.479 e. The van der Waals surface area contributed by atoms with Crippen molar-refractivity contribution in [2.75, 3.05) is 5.75 Å². The number of carboxylic acids is 1. The second-order valence-electron chi connectivity index (χ2n) is 3.40. The summed E-state index contributed by atoms with van der Waals surface area (Å²) in [5.41, 5.74) is 0. The Balaban J connectivity index is 2.56. The van der Waals surface area contributed by atoms with E-state index in [0.29, 0.717) is 0 Å². The predicted octanol–water partition coefficient (Wildman–Crippen LogP) is -0.773. The van der Waals surface area contributed by atoms with Gasteiger partial charge in [-0.15, -0.1) is 0 Å². The number of aliphatic hydroxyl groups is 1. The first kappa shape index (κ1) is 13.5. The first-order valence-corrected chi connectivity index (χ1v) is 6.60. The Morgan fingerprint density at radius 2 is 1.94 bits per heavy atom. The van der Waals surface area contributed by atoms with E-state index >= 15 is 0 Å². The van der Waals surface area contributed by atoms with E-state index in [0.717, 1.165) is 0 Å². The Morgan fingerprint density at radius 3 is 2.47 bits per heavy atom. The third-order valence-corrected chi connectivity index (χ3v) is 3.51. The van der Waals surface area contributed by atoms with Gasteiger partial charge in [0.05, 0.1) is 5.75 Å². The molecule has 0 aliphatic carbocycles. The Morgan fingerprint density at radius 1 is 1.35 bits per heavy atom. The fourth-order valence-corrected chi connectivity index (χ4v) is 2.36. The van der Waals surface area contributed by atoms with Crippen molar-refractivity contribution in [2.45, 2.75) is 18.3 Å². The van der Waals surface area contributed by atoms with Crippen molar-refractivity contribution in [3.63, 3.8) is 0 Å². The average molecular weight is 260 g/mol. The first-order chi connectivity index (χ1) is 7.91. The first-order valence-electron chi connectivity index (χ1n) is 4.78. The molecular weight excluding hydrogens is 248 g/mol. The molecule has 17 heavy (non-hydrogen) atoms. The summed E-state index contributed by atoms with van der Waals surface area (Å²) in [5.74, 6) is -2.06. The van der Waals surface area contributed by atoms with Crippen LogP contribution in [-0.4, -0.2) is 46.4 Å². The van der Waals surface area contributed by atoms with Crippen LogP contribution >= 0.6 is 0 Å². The molecule has 1 heterocycles. The second-order valence-corrected chi connectivity index (χ2v) is 5.58. The standard InChI is InChI=1S/C9H12N2O5S/c12-7(9(13)14)2-5-17(15,16)6-8-10-3-1-4-11-8/h1,3-4,7,12H,2,5-6H2,(H,13,14). The maximum Gasteiger partial charge on any atom is 0.332 e. The van der Waals surface area contributed by atoms with Gasteiger partial charge in [-0.2, -0.15) is 0 Å². The number of hydrogen-bond donors (Lipinski definition) is 2. The molecule has 0 saturated carbocycles. The van der Waals surface area contributed by atoms with Gasteiger partial charge in [0.2, 0.25) is 0 Å². The molecule has 0 aliphatic rings. The third-order valence-electron chi connectivity index (χ3n) is 1.96. The summed E-state index contributed by atoms with van der Waals surface area (Å²) in [6, 6.07) is 1.56. The zero-order valence-electron chi connectivity index (χ0n) is 8.85. The summed E-state index contributed by atoms with van der Waals surface area (Å²) in [4.78, 5) is 17.8. The van der Waals surface area contributed by atoms with Gasteiger partial charge in [-0.3, -0.25) is 0 Å². The summed E-state index contributed by atoms with van der Waals surface area (Å²) < 4.78 is 23.1. The minimum atomic E-state index is -3.51. The number of aliphatic hydroxyl groups excluding tert-OH is 1. The molecule has 0 amide bonds. The molecule has 0 radical (unpaired) electrons. The van der Waals surface area contributed by atoms with E-state index in [1.807, 2.05) is 0 Å². The van der Waals surface area contributed by atoms with Crippen LogP contribution in [0.1, 0.15) is 12.2 Å². The summed E-state index contributed by atoms with van der Waals surface area (Å²) >= 11 is 0. The number of sulfone groups is 1. The van der Waals surface area contributed by atoms with E-state index in [-0.39, 0.29) is 18.0 Å². The van der Waals surface area contributed by atoms with Crippen LogP contribution < -0.4 is 0 Å². The van der Waals surface area contributed by atoms with E-state index in [2.05, 4.69) is 9.97 Å². The molecule has 1 rings (SSSR count). The Labute approximate surface area is 98.1 Å². The monoisotopic (exact) mass is 260 g/mol. The molecular formula is C9H12N2O5S. The minimum absolute atomic E-state index is 0.150. The zero-order valence-corrected chi connectivity index (χ0v) is 9.67. The molecule has 1 unspecified atom stereocenters. The van der Waals surface area contributed by atoms with Crippen molar-refractivity contribution in [2.24, 2.45) is 0 Å². The van der Waals surface area contributed by atoms with Crippen molar-refractivity contribution in [1.29, 1.82) is 0 Å². The van der Waals surface area contributed by atoms with E-state index < -0.39 is 27.7 Å². The molecule has 0 aliphatic heterocycles. The maximum atomic E-state index is 11.5. The Hall–Kier alpha value is -1.54. The van der Waals surface area contributed by atoms with Crippen molar-refractivity contribution in [3.8, 4) is 0 Å². The third kappa shape index (κ3) is 4.87. The van der Waals surface area contributed by atoms with E-state index in [1.165, 1.54) is 12.4 Å². The van der Waals surface area contributed by atoms with Crippen LogP contribution in [0.25, 0.3) is 0 Å². The van der Waals surface area contributed by atoms with Crippen molar-refractivity contribution in [3.05, 3.63) is 24.3 Å².